The van der Waals surface area contributed by atoms with Crippen molar-refractivity contribution in [3.8, 4) is 0 Å². The lowest BCUT2D eigenvalue weighted by Gasteiger charge is -2.22. The molecule has 0 saturated heterocycles. The standard InChI is InChI=1S/C16H23N3S/c1-13-8-9-16(18-10-13)20-12-19-15(11-17-2)14-6-4-3-5-7-14/h3-9,11,13,16-19H,10,12H2,1-2H3/b15-11-. The molecule has 2 rings (SSSR count). The highest BCUT2D eigenvalue weighted by Gasteiger charge is 2.11. The van der Waals surface area contributed by atoms with Crippen LogP contribution in [0.3, 0.4) is 0 Å². The summed E-state index contributed by atoms with van der Waals surface area (Å²) in [6.07, 6.45) is 6.54. The van der Waals surface area contributed by atoms with Crippen LogP contribution in [0.5, 0.6) is 0 Å². The molecule has 1 heterocycles. The van der Waals surface area contributed by atoms with Crippen molar-refractivity contribution in [2.45, 2.75) is 12.3 Å². The highest BCUT2D eigenvalue weighted by Crippen LogP contribution is 2.16. The molecule has 1 aromatic carbocycles. The lowest BCUT2D eigenvalue weighted by atomic mass is 10.1. The molecule has 1 aliphatic rings. The van der Waals surface area contributed by atoms with Crippen LogP contribution in [-0.2, 0) is 0 Å². The smallest absolute Gasteiger partial charge is 0.0737 e. The Labute approximate surface area is 125 Å². The maximum absolute atomic E-state index is 3.52. The van der Waals surface area contributed by atoms with E-state index in [1.54, 1.807) is 0 Å². The predicted octanol–water partition coefficient (Wildman–Crippen LogP) is 2.61. The van der Waals surface area contributed by atoms with Crippen LogP contribution in [0.2, 0.25) is 0 Å². The van der Waals surface area contributed by atoms with Crippen LogP contribution in [-0.4, -0.2) is 24.8 Å². The van der Waals surface area contributed by atoms with E-state index in [9.17, 15) is 0 Å². The minimum atomic E-state index is 0.408. The van der Waals surface area contributed by atoms with E-state index >= 15 is 0 Å². The number of hydrogen-bond acceptors (Lipinski definition) is 4. The molecular weight excluding hydrogens is 266 g/mol. The minimum absolute atomic E-state index is 0.408. The second kappa shape index (κ2) is 8.02. The zero-order valence-corrected chi connectivity index (χ0v) is 12.9. The second-order valence-corrected chi connectivity index (χ2v) is 6.02. The van der Waals surface area contributed by atoms with Gasteiger partial charge in [0.1, 0.15) is 0 Å². The molecule has 1 aromatic rings. The maximum Gasteiger partial charge on any atom is 0.0737 e. The average Bonchev–Trinajstić information content (AvgIpc) is 2.49. The molecule has 20 heavy (non-hydrogen) atoms. The Morgan fingerprint density at radius 2 is 2.15 bits per heavy atom. The number of nitrogens with one attached hydrogen (secondary N) is 3. The third-order valence-electron chi connectivity index (χ3n) is 3.15. The molecule has 0 bridgehead atoms. The fraction of sp³-hybridized carbons (Fsp3) is 0.375. The van der Waals surface area contributed by atoms with Gasteiger partial charge in [0.05, 0.1) is 16.9 Å². The van der Waals surface area contributed by atoms with E-state index in [-0.39, 0.29) is 0 Å². The SMILES string of the molecule is CN/C=C(\NCSC1C=CC(C)CN1)c1ccccc1. The Morgan fingerprint density at radius 3 is 2.80 bits per heavy atom. The predicted molar refractivity (Wildman–Crippen MR) is 89.2 cm³/mol. The number of benzene rings is 1. The summed E-state index contributed by atoms with van der Waals surface area (Å²) >= 11 is 1.87. The summed E-state index contributed by atoms with van der Waals surface area (Å²) < 4.78 is 0. The molecule has 2 unspecified atom stereocenters. The van der Waals surface area contributed by atoms with Gasteiger partial charge in [-0.05, 0) is 11.5 Å². The van der Waals surface area contributed by atoms with Crippen LogP contribution in [0.15, 0.2) is 48.7 Å². The van der Waals surface area contributed by atoms with Crippen molar-refractivity contribution in [1.29, 1.82) is 0 Å². The topological polar surface area (TPSA) is 36.1 Å². The van der Waals surface area contributed by atoms with Crippen LogP contribution in [0.4, 0.5) is 0 Å². The maximum atomic E-state index is 3.52. The zero-order valence-electron chi connectivity index (χ0n) is 12.1. The Kier molecular flexibility index (Phi) is 6.02. The van der Waals surface area contributed by atoms with E-state index in [4.69, 9.17) is 0 Å². The summed E-state index contributed by atoms with van der Waals surface area (Å²) in [6.45, 7) is 3.29. The molecule has 3 N–H and O–H groups in total. The summed E-state index contributed by atoms with van der Waals surface area (Å²) in [5.41, 5.74) is 2.32. The molecular formula is C16H23N3S. The third-order valence-corrected chi connectivity index (χ3v) is 4.15. The van der Waals surface area contributed by atoms with Gasteiger partial charge < -0.3 is 16.0 Å². The first-order valence-electron chi connectivity index (χ1n) is 6.99. The van der Waals surface area contributed by atoms with Gasteiger partial charge in [0, 0.05) is 19.8 Å². The molecule has 2 atom stereocenters. The van der Waals surface area contributed by atoms with Crippen LogP contribution in [0.1, 0.15) is 12.5 Å². The third kappa shape index (κ3) is 4.62. The molecule has 0 spiro atoms. The molecule has 108 valence electrons. The van der Waals surface area contributed by atoms with Gasteiger partial charge in [-0.1, -0.05) is 49.4 Å². The molecule has 0 saturated carbocycles. The molecule has 0 aliphatic carbocycles. The van der Waals surface area contributed by atoms with E-state index in [2.05, 4.69) is 59.3 Å². The normalized spacial score (nSPS) is 22.6. The Balaban J connectivity index is 1.85. The highest BCUT2D eigenvalue weighted by molar-refractivity contribution is 7.99. The van der Waals surface area contributed by atoms with Crippen LogP contribution >= 0.6 is 11.8 Å². The highest BCUT2D eigenvalue weighted by atomic mass is 32.2. The van der Waals surface area contributed by atoms with Crippen molar-refractivity contribution in [1.82, 2.24) is 16.0 Å². The largest absolute Gasteiger partial charge is 0.392 e. The number of thioether (sulfide) groups is 1. The molecule has 1 aliphatic heterocycles. The lowest BCUT2D eigenvalue weighted by molar-refractivity contribution is 0.580. The Morgan fingerprint density at radius 1 is 1.35 bits per heavy atom. The van der Waals surface area contributed by atoms with Crippen LogP contribution in [0.25, 0.3) is 5.70 Å². The van der Waals surface area contributed by atoms with Crippen LogP contribution < -0.4 is 16.0 Å². The average molecular weight is 289 g/mol. The fourth-order valence-electron chi connectivity index (χ4n) is 2.05. The van der Waals surface area contributed by atoms with E-state index in [0.29, 0.717) is 11.3 Å². The van der Waals surface area contributed by atoms with Gasteiger partial charge in [0.25, 0.3) is 0 Å². The fourth-order valence-corrected chi connectivity index (χ4v) is 2.89. The van der Waals surface area contributed by atoms with Crippen molar-refractivity contribution in [2.24, 2.45) is 5.92 Å². The summed E-state index contributed by atoms with van der Waals surface area (Å²) in [7, 11) is 1.92. The molecule has 0 amide bonds. The first-order chi connectivity index (χ1) is 9.79. The van der Waals surface area contributed by atoms with Crippen LogP contribution in [0, 0.1) is 5.92 Å². The number of rotatable bonds is 6. The molecule has 0 radical (unpaired) electrons. The van der Waals surface area contributed by atoms with Crippen molar-refractivity contribution >= 4 is 17.5 Å². The lowest BCUT2D eigenvalue weighted by Crippen LogP contribution is -2.33. The summed E-state index contributed by atoms with van der Waals surface area (Å²) in [5, 5.41) is 10.5. The van der Waals surface area contributed by atoms with E-state index in [1.165, 1.54) is 5.56 Å². The summed E-state index contributed by atoms with van der Waals surface area (Å²) in [4.78, 5) is 0. The van der Waals surface area contributed by atoms with Crippen molar-refractivity contribution in [3.63, 3.8) is 0 Å². The molecule has 4 heteroatoms. The summed E-state index contributed by atoms with van der Waals surface area (Å²) in [6, 6.07) is 10.4. The van der Waals surface area contributed by atoms with Gasteiger partial charge in [-0.2, -0.15) is 0 Å². The molecule has 0 aromatic heterocycles. The van der Waals surface area contributed by atoms with Crippen molar-refractivity contribution in [2.75, 3.05) is 19.5 Å². The van der Waals surface area contributed by atoms with E-state index < -0.39 is 0 Å². The monoisotopic (exact) mass is 289 g/mol. The van der Waals surface area contributed by atoms with Crippen molar-refractivity contribution < 1.29 is 0 Å². The first-order valence-corrected chi connectivity index (χ1v) is 8.04. The Bertz CT molecular complexity index is 456. The van der Waals surface area contributed by atoms with E-state index in [1.807, 2.05) is 31.1 Å². The molecule has 3 nitrogen and oxygen atoms in total. The minimum Gasteiger partial charge on any atom is -0.392 e. The Hall–Kier alpha value is -1.39. The van der Waals surface area contributed by atoms with Gasteiger partial charge in [0.15, 0.2) is 0 Å². The van der Waals surface area contributed by atoms with Gasteiger partial charge in [-0.15, -0.1) is 11.8 Å². The van der Waals surface area contributed by atoms with E-state index in [0.717, 1.165) is 18.1 Å². The van der Waals surface area contributed by atoms with Gasteiger partial charge >= 0.3 is 0 Å². The number of hydrogen-bond donors (Lipinski definition) is 3. The summed E-state index contributed by atoms with van der Waals surface area (Å²) in [5.74, 6) is 1.52. The van der Waals surface area contributed by atoms with Crippen molar-refractivity contribution in [3.05, 3.63) is 54.2 Å². The van der Waals surface area contributed by atoms with Gasteiger partial charge in [-0.3, -0.25) is 0 Å². The van der Waals surface area contributed by atoms with Gasteiger partial charge in [0.2, 0.25) is 0 Å². The zero-order chi connectivity index (χ0) is 14.2. The second-order valence-electron chi connectivity index (χ2n) is 4.89. The first kappa shape index (κ1) is 15.0. The molecule has 0 fully saturated rings. The quantitative estimate of drug-likeness (QED) is 0.556. The van der Waals surface area contributed by atoms with Gasteiger partial charge in [-0.25, -0.2) is 0 Å².